The lowest BCUT2D eigenvalue weighted by Gasteiger charge is -2.28. The Morgan fingerprint density at radius 2 is 1.15 bits per heavy atom. The number of hydrogen-bond donors (Lipinski definition) is 4. The second kappa shape index (κ2) is 18.9. The van der Waals surface area contributed by atoms with E-state index < -0.39 is 48.2 Å². The number of likely N-dealkylation sites (tertiary alicyclic amines) is 2. The number of fused-ring (bicyclic) bond motifs is 1. The summed E-state index contributed by atoms with van der Waals surface area (Å²) < 4.78 is 9.62. The van der Waals surface area contributed by atoms with E-state index in [1.54, 1.807) is 65.8 Å². The average molecular weight is 896 g/mol. The number of hydrogen-bond acceptors (Lipinski definition) is 10. The number of nitriles is 1. The third kappa shape index (κ3) is 9.07. The first-order chi connectivity index (χ1) is 32.6. The lowest BCUT2D eigenvalue weighted by molar-refractivity contribution is -0.135. The van der Waals surface area contributed by atoms with Gasteiger partial charge in [-0.15, -0.1) is 0 Å². The van der Waals surface area contributed by atoms with Gasteiger partial charge < -0.3 is 39.9 Å². The van der Waals surface area contributed by atoms with Crippen molar-refractivity contribution in [3.63, 3.8) is 0 Å². The molecule has 4 heterocycles. The molecule has 16 heteroatoms. The van der Waals surface area contributed by atoms with E-state index in [9.17, 15) is 29.2 Å². The van der Waals surface area contributed by atoms with Crippen molar-refractivity contribution in [2.75, 3.05) is 27.3 Å². The molecule has 9 rings (SSSR count). The second-order valence-corrected chi connectivity index (χ2v) is 16.5. The van der Waals surface area contributed by atoms with E-state index in [0.717, 1.165) is 44.4 Å². The Labute approximate surface area is 384 Å². The van der Waals surface area contributed by atoms with Crippen molar-refractivity contribution in [3.8, 4) is 39.7 Å². The molecule has 2 saturated heterocycles. The van der Waals surface area contributed by atoms with Gasteiger partial charge in [-0.05, 0) is 57.1 Å². The van der Waals surface area contributed by atoms with Crippen LogP contribution in [0.25, 0.3) is 44.4 Å². The van der Waals surface area contributed by atoms with Crippen molar-refractivity contribution < 1.29 is 33.4 Å². The minimum atomic E-state index is -1.06. The smallest absolute Gasteiger partial charge is 0.407 e. The number of amides is 4. The summed E-state index contributed by atoms with van der Waals surface area (Å²) in [6.45, 7) is 0.0796. The van der Waals surface area contributed by atoms with Gasteiger partial charge in [0, 0.05) is 18.5 Å². The maximum Gasteiger partial charge on any atom is 0.407 e. The second-order valence-electron chi connectivity index (χ2n) is 16.5. The zero-order valence-electron chi connectivity index (χ0n) is 36.5. The molecule has 5 atom stereocenters. The number of benzene rings is 5. The fraction of sp³-hybridized carbons (Fsp3) is 0.216. The number of ketones is 1. The van der Waals surface area contributed by atoms with Gasteiger partial charge in [-0.2, -0.15) is 5.26 Å². The molecule has 5 aromatic carbocycles. The van der Waals surface area contributed by atoms with Crippen LogP contribution in [0.15, 0.2) is 134 Å². The first kappa shape index (κ1) is 43.7. The molecule has 0 aliphatic carbocycles. The third-order valence-corrected chi connectivity index (χ3v) is 12.4. The Bertz CT molecular complexity index is 3020. The summed E-state index contributed by atoms with van der Waals surface area (Å²) in [4.78, 5) is 84.5. The number of H-pyrrole nitrogens is 2. The van der Waals surface area contributed by atoms with Crippen LogP contribution in [0.1, 0.15) is 59.8 Å². The normalized spacial score (nSPS) is 17.7. The molecule has 4 N–H and O–H groups in total. The molecule has 0 spiro atoms. The summed E-state index contributed by atoms with van der Waals surface area (Å²) in [5.74, 6) is -0.331. The Kier molecular flexibility index (Phi) is 12.3. The number of rotatable bonds is 11. The van der Waals surface area contributed by atoms with E-state index >= 15 is 0 Å². The van der Waals surface area contributed by atoms with E-state index in [1.807, 2.05) is 48.5 Å². The SMILES string of the molecule is COC(=O)NC(C(=O)N1CC(=O)C[C@H]1c1ncc(-c2ccc3cc(-c4ccc(-c5cnc([C@@H]6C[C@H](C#N)CN6C(=O)[C@H](NC(=O)OC)c6ccccc6)[nH]5)cc4)ccc3c2)[nH]1)c1ccccc1. The van der Waals surface area contributed by atoms with E-state index in [0.29, 0.717) is 29.2 Å². The Balaban J connectivity index is 0.895. The maximum absolute atomic E-state index is 14.1. The molecule has 0 saturated carbocycles. The summed E-state index contributed by atoms with van der Waals surface area (Å²) in [5, 5.41) is 17.2. The molecule has 336 valence electrons. The predicted molar refractivity (Wildman–Crippen MR) is 246 cm³/mol. The van der Waals surface area contributed by atoms with Crippen molar-refractivity contribution in [1.82, 2.24) is 40.4 Å². The van der Waals surface area contributed by atoms with Crippen molar-refractivity contribution in [1.29, 1.82) is 5.26 Å². The molecule has 67 heavy (non-hydrogen) atoms. The standard InChI is InChI=1S/C51H45N9O7/c1-66-50(64)57-44(33-9-5-3-6-10-33)48(62)59-28-30(25-52)21-42(59)46-53-26-40(55-46)32-15-13-31(14-16-32)35-17-18-37-23-38(20-19-36(37)22-35)41-27-54-47(56-41)43-24-39(61)29-60(43)49(63)45(58-51(65)67-2)34-11-7-4-8-12-34/h3-20,22-23,26-27,30,42-45H,21,24,28-29H2,1-2H3,(H,53,55)(H,54,56)(H,57,64)(H,58,65)/t30-,42+,43+,44-,45?/m1/s1. The van der Waals surface area contributed by atoms with Crippen molar-refractivity contribution in [2.24, 2.45) is 5.92 Å². The van der Waals surface area contributed by atoms with Crippen molar-refractivity contribution in [2.45, 2.75) is 37.0 Å². The zero-order valence-corrected chi connectivity index (χ0v) is 36.5. The monoisotopic (exact) mass is 895 g/mol. The summed E-state index contributed by atoms with van der Waals surface area (Å²) in [5.41, 5.74) is 6.41. The molecule has 2 aliphatic heterocycles. The number of carbonyl (C=O) groups excluding carboxylic acids is 5. The van der Waals surface area contributed by atoms with Crippen LogP contribution in [0.5, 0.6) is 0 Å². The molecule has 7 aromatic rings. The predicted octanol–water partition coefficient (Wildman–Crippen LogP) is 7.74. The average Bonchev–Trinajstić information content (AvgIpc) is 4.22. The van der Waals surface area contributed by atoms with Crippen LogP contribution in [-0.4, -0.2) is 86.8 Å². The summed E-state index contributed by atoms with van der Waals surface area (Å²) >= 11 is 0. The fourth-order valence-electron chi connectivity index (χ4n) is 8.89. The summed E-state index contributed by atoms with van der Waals surface area (Å²) in [6.07, 6.45) is 2.38. The molecular weight excluding hydrogens is 851 g/mol. The molecule has 4 amide bonds. The number of alkyl carbamates (subject to hydrolysis) is 2. The molecule has 0 bridgehead atoms. The molecule has 2 aliphatic rings. The highest BCUT2D eigenvalue weighted by Crippen LogP contribution is 2.38. The maximum atomic E-state index is 14.1. The number of aromatic nitrogens is 4. The number of methoxy groups -OCH3 is 2. The van der Waals surface area contributed by atoms with Gasteiger partial charge in [0.15, 0.2) is 5.78 Å². The topological polar surface area (TPSA) is 215 Å². The Morgan fingerprint density at radius 1 is 0.657 bits per heavy atom. The Hall–Kier alpha value is -8.58. The highest BCUT2D eigenvalue weighted by Gasteiger charge is 2.42. The van der Waals surface area contributed by atoms with Crippen LogP contribution in [0.4, 0.5) is 9.59 Å². The molecule has 2 aromatic heterocycles. The fourth-order valence-corrected chi connectivity index (χ4v) is 8.89. The van der Waals surface area contributed by atoms with Crippen LogP contribution in [-0.2, 0) is 23.9 Å². The number of Topliss-reactive ketones (excluding diaryl/α,β-unsaturated/α-hetero) is 1. The molecule has 16 nitrogen and oxygen atoms in total. The highest BCUT2D eigenvalue weighted by molar-refractivity contribution is 5.94. The van der Waals surface area contributed by atoms with Crippen LogP contribution >= 0.6 is 0 Å². The van der Waals surface area contributed by atoms with E-state index in [-0.39, 0.29) is 31.2 Å². The number of nitrogens with one attached hydrogen (secondary N) is 4. The first-order valence-electron chi connectivity index (χ1n) is 21.7. The largest absolute Gasteiger partial charge is 0.453 e. The van der Waals surface area contributed by atoms with Gasteiger partial charge in [-0.25, -0.2) is 19.6 Å². The Morgan fingerprint density at radius 3 is 1.72 bits per heavy atom. The van der Waals surface area contributed by atoms with Gasteiger partial charge in [0.05, 0.1) is 68.6 Å². The van der Waals surface area contributed by atoms with Gasteiger partial charge >= 0.3 is 12.2 Å². The van der Waals surface area contributed by atoms with Gasteiger partial charge in [0.25, 0.3) is 11.8 Å². The summed E-state index contributed by atoms with van der Waals surface area (Å²) in [7, 11) is 2.46. The molecule has 1 unspecified atom stereocenters. The van der Waals surface area contributed by atoms with Crippen molar-refractivity contribution in [3.05, 3.63) is 156 Å². The minimum absolute atomic E-state index is 0.0861. The highest BCUT2D eigenvalue weighted by atomic mass is 16.5. The van der Waals surface area contributed by atoms with Crippen LogP contribution in [0.3, 0.4) is 0 Å². The quantitative estimate of drug-likeness (QED) is 0.0991. The number of imidazole rings is 2. The number of aromatic amines is 2. The van der Waals surface area contributed by atoms with Gasteiger partial charge in [0.2, 0.25) is 0 Å². The van der Waals surface area contributed by atoms with Crippen LogP contribution < -0.4 is 10.6 Å². The molecule has 0 radical (unpaired) electrons. The lowest BCUT2D eigenvalue weighted by Crippen LogP contribution is -2.43. The minimum Gasteiger partial charge on any atom is -0.453 e. The van der Waals surface area contributed by atoms with Crippen LogP contribution in [0.2, 0.25) is 0 Å². The number of ether oxygens (including phenoxy) is 2. The third-order valence-electron chi connectivity index (χ3n) is 12.4. The first-order valence-corrected chi connectivity index (χ1v) is 21.7. The van der Waals surface area contributed by atoms with E-state index in [1.165, 1.54) is 19.1 Å². The van der Waals surface area contributed by atoms with E-state index in [2.05, 4.69) is 60.9 Å². The summed E-state index contributed by atoms with van der Waals surface area (Å²) in [6, 6.07) is 37.2. The number of carbonyl (C=O) groups is 5. The number of nitrogens with zero attached hydrogens (tertiary/aromatic N) is 5. The van der Waals surface area contributed by atoms with E-state index in [4.69, 9.17) is 9.47 Å². The van der Waals surface area contributed by atoms with Gasteiger partial charge in [0.1, 0.15) is 23.7 Å². The van der Waals surface area contributed by atoms with Gasteiger partial charge in [-0.3, -0.25) is 14.4 Å². The zero-order chi connectivity index (χ0) is 46.6. The molecule has 2 fully saturated rings. The van der Waals surface area contributed by atoms with Gasteiger partial charge in [-0.1, -0.05) is 109 Å². The molecular formula is C51H45N9O7. The lowest BCUT2D eigenvalue weighted by atomic mass is 9.98. The van der Waals surface area contributed by atoms with Crippen molar-refractivity contribution >= 4 is 40.6 Å². The van der Waals surface area contributed by atoms with Crippen LogP contribution in [0, 0.1) is 17.2 Å².